The Labute approximate surface area is 81.6 Å². The molecule has 2 heteroatoms. The van der Waals surface area contributed by atoms with Gasteiger partial charge in [-0.2, -0.15) is 0 Å². The lowest BCUT2D eigenvalue weighted by Gasteiger charge is -2.30. The standard InChI is InChI=1S/C11H22N2/c1-9(2)10-4-3-5-11(8-10)13-7-6-12/h10-11,13H,1,3-8,12H2,2H3. The van der Waals surface area contributed by atoms with E-state index in [4.69, 9.17) is 5.73 Å². The molecule has 0 saturated heterocycles. The summed E-state index contributed by atoms with van der Waals surface area (Å²) in [5.74, 6) is 0.740. The van der Waals surface area contributed by atoms with Crippen molar-refractivity contribution >= 4 is 0 Å². The molecule has 0 bridgehead atoms. The first-order valence-electron chi connectivity index (χ1n) is 5.33. The lowest BCUT2D eigenvalue weighted by atomic mass is 9.82. The van der Waals surface area contributed by atoms with Gasteiger partial charge in [-0.15, -0.1) is 0 Å². The van der Waals surface area contributed by atoms with Crippen LogP contribution in [-0.2, 0) is 0 Å². The zero-order valence-corrected chi connectivity index (χ0v) is 8.68. The first kappa shape index (κ1) is 10.7. The summed E-state index contributed by atoms with van der Waals surface area (Å²) in [6.07, 6.45) is 5.23. The summed E-state index contributed by atoms with van der Waals surface area (Å²) in [5, 5.41) is 3.49. The van der Waals surface area contributed by atoms with Crippen molar-refractivity contribution in [3.63, 3.8) is 0 Å². The van der Waals surface area contributed by atoms with E-state index < -0.39 is 0 Å². The Morgan fingerprint density at radius 1 is 1.54 bits per heavy atom. The summed E-state index contributed by atoms with van der Waals surface area (Å²) in [7, 11) is 0. The Hall–Kier alpha value is -0.340. The average molecular weight is 182 g/mol. The molecular formula is C11H22N2. The minimum absolute atomic E-state index is 0.680. The minimum atomic E-state index is 0.680. The van der Waals surface area contributed by atoms with Gasteiger partial charge in [0.25, 0.3) is 0 Å². The fourth-order valence-electron chi connectivity index (χ4n) is 2.11. The van der Waals surface area contributed by atoms with Crippen molar-refractivity contribution in [3.8, 4) is 0 Å². The molecule has 0 aromatic rings. The van der Waals surface area contributed by atoms with E-state index in [1.165, 1.54) is 31.3 Å². The van der Waals surface area contributed by atoms with Gasteiger partial charge in [-0.25, -0.2) is 0 Å². The molecule has 1 aliphatic rings. The highest BCUT2D eigenvalue weighted by Crippen LogP contribution is 2.28. The summed E-state index contributed by atoms with van der Waals surface area (Å²) in [6.45, 7) is 7.89. The van der Waals surface area contributed by atoms with Crippen molar-refractivity contribution in [1.29, 1.82) is 0 Å². The van der Waals surface area contributed by atoms with Crippen molar-refractivity contribution in [1.82, 2.24) is 5.32 Å². The molecule has 1 rings (SSSR count). The van der Waals surface area contributed by atoms with Gasteiger partial charge in [-0.05, 0) is 32.1 Å². The van der Waals surface area contributed by atoms with Gasteiger partial charge >= 0.3 is 0 Å². The molecule has 0 aliphatic heterocycles. The van der Waals surface area contributed by atoms with Crippen LogP contribution in [0.4, 0.5) is 0 Å². The first-order valence-corrected chi connectivity index (χ1v) is 5.33. The fourth-order valence-corrected chi connectivity index (χ4v) is 2.11. The Morgan fingerprint density at radius 2 is 2.31 bits per heavy atom. The Kier molecular flexibility index (Phi) is 4.46. The van der Waals surface area contributed by atoms with Gasteiger partial charge in [-0.1, -0.05) is 18.6 Å². The highest BCUT2D eigenvalue weighted by Gasteiger charge is 2.21. The average Bonchev–Trinajstić information content (AvgIpc) is 2.15. The molecular weight excluding hydrogens is 160 g/mol. The number of rotatable bonds is 4. The van der Waals surface area contributed by atoms with Gasteiger partial charge in [0.05, 0.1) is 0 Å². The molecule has 2 atom stereocenters. The third-order valence-corrected chi connectivity index (χ3v) is 2.95. The summed E-state index contributed by atoms with van der Waals surface area (Å²) >= 11 is 0. The number of nitrogens with one attached hydrogen (secondary N) is 1. The first-order chi connectivity index (χ1) is 6.24. The van der Waals surface area contributed by atoms with E-state index in [9.17, 15) is 0 Å². The maximum Gasteiger partial charge on any atom is 0.00771 e. The SMILES string of the molecule is C=C(C)C1CCCC(NCCN)C1. The van der Waals surface area contributed by atoms with E-state index in [0.29, 0.717) is 6.04 Å². The molecule has 1 aliphatic carbocycles. The molecule has 0 spiro atoms. The maximum atomic E-state index is 5.46. The zero-order valence-electron chi connectivity index (χ0n) is 8.68. The van der Waals surface area contributed by atoms with E-state index in [1.54, 1.807) is 0 Å². The van der Waals surface area contributed by atoms with Crippen LogP contribution >= 0.6 is 0 Å². The van der Waals surface area contributed by atoms with Crippen LogP contribution in [0.2, 0.25) is 0 Å². The molecule has 1 saturated carbocycles. The van der Waals surface area contributed by atoms with E-state index in [1.807, 2.05) is 0 Å². The van der Waals surface area contributed by atoms with Crippen molar-refractivity contribution in [2.75, 3.05) is 13.1 Å². The number of nitrogens with two attached hydrogens (primary N) is 1. The van der Waals surface area contributed by atoms with Crippen molar-refractivity contribution < 1.29 is 0 Å². The highest BCUT2D eigenvalue weighted by molar-refractivity contribution is 4.99. The predicted octanol–water partition coefficient (Wildman–Crippen LogP) is 1.67. The molecule has 0 heterocycles. The topological polar surface area (TPSA) is 38.0 Å². The molecule has 2 nitrogen and oxygen atoms in total. The predicted molar refractivity (Wildman–Crippen MR) is 57.6 cm³/mol. The molecule has 0 aromatic carbocycles. The highest BCUT2D eigenvalue weighted by atomic mass is 14.9. The smallest absolute Gasteiger partial charge is 0.00771 e. The summed E-state index contributed by atoms with van der Waals surface area (Å²) in [5.41, 5.74) is 6.81. The van der Waals surface area contributed by atoms with Crippen LogP contribution in [-0.4, -0.2) is 19.1 Å². The second-order valence-corrected chi connectivity index (χ2v) is 4.15. The second kappa shape index (κ2) is 5.40. The monoisotopic (exact) mass is 182 g/mol. The van der Waals surface area contributed by atoms with Gasteiger partial charge in [0, 0.05) is 19.1 Å². The lowest BCUT2D eigenvalue weighted by Crippen LogP contribution is -2.37. The van der Waals surface area contributed by atoms with E-state index in [0.717, 1.165) is 19.0 Å². The van der Waals surface area contributed by atoms with Crippen LogP contribution in [0.25, 0.3) is 0 Å². The molecule has 0 aromatic heterocycles. The molecule has 3 N–H and O–H groups in total. The Bertz CT molecular complexity index is 165. The summed E-state index contributed by atoms with van der Waals surface area (Å²) in [4.78, 5) is 0. The lowest BCUT2D eigenvalue weighted by molar-refractivity contribution is 0.316. The number of allylic oxidation sites excluding steroid dienone is 1. The van der Waals surface area contributed by atoms with Crippen LogP contribution in [0.3, 0.4) is 0 Å². The summed E-state index contributed by atoms with van der Waals surface area (Å²) in [6, 6.07) is 0.680. The normalized spacial score (nSPS) is 28.8. The van der Waals surface area contributed by atoms with Crippen molar-refractivity contribution in [2.45, 2.75) is 38.6 Å². The molecule has 1 fully saturated rings. The molecule has 0 radical (unpaired) electrons. The van der Waals surface area contributed by atoms with Crippen LogP contribution in [0.5, 0.6) is 0 Å². The maximum absolute atomic E-state index is 5.46. The number of hydrogen-bond donors (Lipinski definition) is 2. The largest absolute Gasteiger partial charge is 0.329 e. The van der Waals surface area contributed by atoms with Gasteiger partial charge in [-0.3, -0.25) is 0 Å². The molecule has 2 unspecified atom stereocenters. The van der Waals surface area contributed by atoms with E-state index in [2.05, 4.69) is 18.8 Å². The minimum Gasteiger partial charge on any atom is -0.329 e. The summed E-state index contributed by atoms with van der Waals surface area (Å²) < 4.78 is 0. The molecule has 13 heavy (non-hydrogen) atoms. The van der Waals surface area contributed by atoms with Gasteiger partial charge < -0.3 is 11.1 Å². The van der Waals surface area contributed by atoms with E-state index >= 15 is 0 Å². The van der Waals surface area contributed by atoms with Crippen molar-refractivity contribution in [3.05, 3.63) is 12.2 Å². The second-order valence-electron chi connectivity index (χ2n) is 4.15. The van der Waals surface area contributed by atoms with Crippen LogP contribution < -0.4 is 11.1 Å². The third kappa shape index (κ3) is 3.49. The quantitative estimate of drug-likeness (QED) is 0.649. The van der Waals surface area contributed by atoms with Crippen molar-refractivity contribution in [2.24, 2.45) is 11.7 Å². The van der Waals surface area contributed by atoms with Gasteiger partial charge in [0.15, 0.2) is 0 Å². The van der Waals surface area contributed by atoms with Crippen LogP contribution in [0, 0.1) is 5.92 Å². The molecule has 76 valence electrons. The molecule has 0 amide bonds. The van der Waals surface area contributed by atoms with Gasteiger partial charge in [0.2, 0.25) is 0 Å². The Morgan fingerprint density at radius 3 is 2.92 bits per heavy atom. The van der Waals surface area contributed by atoms with Crippen LogP contribution in [0.1, 0.15) is 32.6 Å². The number of hydrogen-bond acceptors (Lipinski definition) is 2. The van der Waals surface area contributed by atoms with Crippen LogP contribution in [0.15, 0.2) is 12.2 Å². The zero-order chi connectivity index (χ0) is 9.68. The van der Waals surface area contributed by atoms with Gasteiger partial charge in [0.1, 0.15) is 0 Å². The Balaban J connectivity index is 2.29. The fraction of sp³-hybridized carbons (Fsp3) is 0.818. The van der Waals surface area contributed by atoms with E-state index in [-0.39, 0.29) is 0 Å². The third-order valence-electron chi connectivity index (χ3n) is 2.95.